The lowest BCUT2D eigenvalue weighted by Crippen LogP contribution is -2.31. The minimum Gasteiger partial charge on any atom is -0.383 e. The quantitative estimate of drug-likeness (QED) is 0.747. The van der Waals surface area contributed by atoms with Gasteiger partial charge in [-0.3, -0.25) is 4.98 Å². The zero-order valence-corrected chi connectivity index (χ0v) is 8.86. The summed E-state index contributed by atoms with van der Waals surface area (Å²) >= 11 is 0. The number of methoxy groups -OCH3 is 1. The lowest BCUT2D eigenvalue weighted by atomic mass is 10.2. The van der Waals surface area contributed by atoms with Crippen LogP contribution >= 0.6 is 0 Å². The van der Waals surface area contributed by atoms with E-state index in [1.807, 2.05) is 24.5 Å². The maximum absolute atomic E-state index is 5.11. The standard InChI is InChI=1S/C11H18N2O/c1-3-11(9-14-2)13-8-10-4-6-12-7-5-10/h4-7,11,13H,3,8-9H2,1-2H3/t11-/m1/s1. The Morgan fingerprint density at radius 1 is 1.43 bits per heavy atom. The molecular formula is C11H18N2O. The molecule has 0 saturated heterocycles. The zero-order valence-electron chi connectivity index (χ0n) is 8.86. The third-order valence-corrected chi connectivity index (χ3v) is 2.20. The molecule has 0 spiro atoms. The highest BCUT2D eigenvalue weighted by atomic mass is 16.5. The van der Waals surface area contributed by atoms with Crippen molar-refractivity contribution in [2.24, 2.45) is 0 Å². The molecule has 1 rings (SSSR count). The summed E-state index contributed by atoms with van der Waals surface area (Å²) in [6.45, 7) is 3.80. The van der Waals surface area contributed by atoms with Gasteiger partial charge in [0, 0.05) is 32.1 Å². The third kappa shape index (κ3) is 3.85. The summed E-state index contributed by atoms with van der Waals surface area (Å²) in [5, 5.41) is 3.43. The molecule has 0 radical (unpaired) electrons. The van der Waals surface area contributed by atoms with Crippen molar-refractivity contribution in [2.75, 3.05) is 13.7 Å². The molecule has 78 valence electrons. The van der Waals surface area contributed by atoms with Gasteiger partial charge in [-0.25, -0.2) is 0 Å². The van der Waals surface area contributed by atoms with Gasteiger partial charge in [-0.05, 0) is 24.1 Å². The normalized spacial score (nSPS) is 12.7. The first-order valence-electron chi connectivity index (χ1n) is 4.98. The molecule has 0 aliphatic carbocycles. The van der Waals surface area contributed by atoms with Gasteiger partial charge in [-0.2, -0.15) is 0 Å². The van der Waals surface area contributed by atoms with Crippen molar-refractivity contribution in [2.45, 2.75) is 25.9 Å². The van der Waals surface area contributed by atoms with Crippen LogP contribution in [0.4, 0.5) is 0 Å². The number of nitrogens with one attached hydrogen (secondary N) is 1. The largest absolute Gasteiger partial charge is 0.383 e. The predicted octanol–water partition coefficient (Wildman–Crippen LogP) is 1.60. The summed E-state index contributed by atoms with van der Waals surface area (Å²) in [6, 6.07) is 4.48. The van der Waals surface area contributed by atoms with Crippen LogP contribution in [0.25, 0.3) is 0 Å². The van der Waals surface area contributed by atoms with E-state index < -0.39 is 0 Å². The maximum atomic E-state index is 5.11. The second kappa shape index (κ2) is 6.51. The van der Waals surface area contributed by atoms with E-state index in [9.17, 15) is 0 Å². The van der Waals surface area contributed by atoms with Gasteiger partial charge in [0.05, 0.1) is 6.61 Å². The van der Waals surface area contributed by atoms with Crippen LogP contribution in [-0.4, -0.2) is 24.7 Å². The van der Waals surface area contributed by atoms with Crippen LogP contribution in [0.1, 0.15) is 18.9 Å². The zero-order chi connectivity index (χ0) is 10.2. The van der Waals surface area contributed by atoms with E-state index >= 15 is 0 Å². The molecule has 0 aliphatic rings. The topological polar surface area (TPSA) is 34.1 Å². The number of pyridine rings is 1. The van der Waals surface area contributed by atoms with Gasteiger partial charge >= 0.3 is 0 Å². The average Bonchev–Trinajstić information content (AvgIpc) is 2.25. The molecule has 3 heteroatoms. The van der Waals surface area contributed by atoms with Crippen molar-refractivity contribution in [1.82, 2.24) is 10.3 Å². The Bertz CT molecular complexity index is 238. The van der Waals surface area contributed by atoms with E-state index in [4.69, 9.17) is 4.74 Å². The smallest absolute Gasteiger partial charge is 0.0615 e. The average molecular weight is 194 g/mol. The van der Waals surface area contributed by atoms with Crippen molar-refractivity contribution >= 4 is 0 Å². The molecule has 1 aromatic heterocycles. The van der Waals surface area contributed by atoms with E-state index in [1.54, 1.807) is 7.11 Å². The Balaban J connectivity index is 2.32. The minimum atomic E-state index is 0.438. The van der Waals surface area contributed by atoms with E-state index in [0.717, 1.165) is 19.6 Å². The van der Waals surface area contributed by atoms with Gasteiger partial charge in [0.25, 0.3) is 0 Å². The summed E-state index contributed by atoms with van der Waals surface area (Å²) < 4.78 is 5.11. The van der Waals surface area contributed by atoms with Gasteiger partial charge in [0.15, 0.2) is 0 Å². The van der Waals surface area contributed by atoms with E-state index in [-0.39, 0.29) is 0 Å². The molecule has 0 saturated carbocycles. The summed E-state index contributed by atoms with van der Waals surface area (Å²) in [6.07, 6.45) is 4.71. The third-order valence-electron chi connectivity index (χ3n) is 2.20. The summed E-state index contributed by atoms with van der Waals surface area (Å²) in [4.78, 5) is 3.98. The van der Waals surface area contributed by atoms with Crippen LogP contribution in [-0.2, 0) is 11.3 Å². The Morgan fingerprint density at radius 2 is 2.14 bits per heavy atom. The van der Waals surface area contributed by atoms with E-state index in [2.05, 4.69) is 17.2 Å². The van der Waals surface area contributed by atoms with Crippen LogP contribution in [0.3, 0.4) is 0 Å². The van der Waals surface area contributed by atoms with Gasteiger partial charge < -0.3 is 10.1 Å². The minimum absolute atomic E-state index is 0.438. The Morgan fingerprint density at radius 3 is 2.71 bits per heavy atom. The number of aromatic nitrogens is 1. The molecule has 0 unspecified atom stereocenters. The molecule has 1 aromatic rings. The number of hydrogen-bond donors (Lipinski definition) is 1. The molecule has 1 N–H and O–H groups in total. The van der Waals surface area contributed by atoms with Crippen LogP contribution in [0, 0.1) is 0 Å². The summed E-state index contributed by atoms with van der Waals surface area (Å²) in [7, 11) is 1.73. The molecule has 0 aromatic carbocycles. The van der Waals surface area contributed by atoms with Gasteiger partial charge in [0.1, 0.15) is 0 Å². The Labute approximate surface area is 85.5 Å². The lowest BCUT2D eigenvalue weighted by molar-refractivity contribution is 0.164. The van der Waals surface area contributed by atoms with Crippen molar-refractivity contribution in [3.05, 3.63) is 30.1 Å². The highest BCUT2D eigenvalue weighted by Gasteiger charge is 2.03. The van der Waals surface area contributed by atoms with Crippen LogP contribution < -0.4 is 5.32 Å². The second-order valence-electron chi connectivity index (χ2n) is 3.30. The first kappa shape index (κ1) is 11.1. The van der Waals surface area contributed by atoms with E-state index in [0.29, 0.717) is 6.04 Å². The van der Waals surface area contributed by atoms with Gasteiger partial charge in [-0.15, -0.1) is 0 Å². The maximum Gasteiger partial charge on any atom is 0.0615 e. The van der Waals surface area contributed by atoms with Gasteiger partial charge in [-0.1, -0.05) is 6.92 Å². The SMILES string of the molecule is CC[C@H](COC)NCc1ccncc1. The molecule has 0 bridgehead atoms. The van der Waals surface area contributed by atoms with E-state index in [1.165, 1.54) is 5.56 Å². The molecule has 0 amide bonds. The highest BCUT2D eigenvalue weighted by Crippen LogP contribution is 1.98. The summed E-state index contributed by atoms with van der Waals surface area (Å²) in [5.41, 5.74) is 1.26. The first-order chi connectivity index (χ1) is 6.86. The fourth-order valence-electron chi connectivity index (χ4n) is 1.29. The predicted molar refractivity (Wildman–Crippen MR) is 57.0 cm³/mol. The number of rotatable bonds is 6. The van der Waals surface area contributed by atoms with Crippen molar-refractivity contribution in [3.63, 3.8) is 0 Å². The van der Waals surface area contributed by atoms with Crippen LogP contribution in [0.15, 0.2) is 24.5 Å². The molecule has 14 heavy (non-hydrogen) atoms. The number of hydrogen-bond acceptors (Lipinski definition) is 3. The molecule has 0 fully saturated rings. The van der Waals surface area contributed by atoms with Crippen molar-refractivity contribution in [3.8, 4) is 0 Å². The second-order valence-corrected chi connectivity index (χ2v) is 3.30. The number of nitrogens with zero attached hydrogens (tertiary/aromatic N) is 1. The van der Waals surface area contributed by atoms with Crippen molar-refractivity contribution < 1.29 is 4.74 Å². The van der Waals surface area contributed by atoms with Crippen LogP contribution in [0.5, 0.6) is 0 Å². The monoisotopic (exact) mass is 194 g/mol. The molecule has 1 atom stereocenters. The Hall–Kier alpha value is -0.930. The van der Waals surface area contributed by atoms with Gasteiger partial charge in [0.2, 0.25) is 0 Å². The van der Waals surface area contributed by atoms with Crippen molar-refractivity contribution in [1.29, 1.82) is 0 Å². The fourth-order valence-corrected chi connectivity index (χ4v) is 1.29. The molecule has 1 heterocycles. The molecule has 3 nitrogen and oxygen atoms in total. The number of ether oxygens (including phenoxy) is 1. The lowest BCUT2D eigenvalue weighted by Gasteiger charge is -2.15. The fraction of sp³-hybridized carbons (Fsp3) is 0.545. The molecular weight excluding hydrogens is 176 g/mol. The highest BCUT2D eigenvalue weighted by molar-refractivity contribution is 5.09. The Kier molecular flexibility index (Phi) is 5.19. The van der Waals surface area contributed by atoms with Crippen LogP contribution in [0.2, 0.25) is 0 Å². The first-order valence-corrected chi connectivity index (χ1v) is 4.98. The molecule has 0 aliphatic heterocycles. The summed E-state index contributed by atoms with van der Waals surface area (Å²) in [5.74, 6) is 0.